The lowest BCUT2D eigenvalue weighted by Crippen LogP contribution is -2.43. The molecule has 2 unspecified atom stereocenters. The Bertz CT molecular complexity index is 529. The molecule has 8 heteroatoms. The molecule has 0 spiro atoms. The predicted molar refractivity (Wildman–Crippen MR) is 119 cm³/mol. The molecule has 2 atom stereocenters. The van der Waals surface area contributed by atoms with Crippen LogP contribution in [0.5, 0.6) is 0 Å². The largest absolute Gasteiger partial charge is 0.386 e. The molecule has 1 aliphatic heterocycles. The number of aliphatic hydroxyl groups is 1. The quantitative estimate of drug-likeness (QED) is 0.305. The van der Waals surface area contributed by atoms with E-state index >= 15 is 0 Å². The van der Waals surface area contributed by atoms with Gasteiger partial charge in [0.05, 0.1) is 10.9 Å². The Morgan fingerprint density at radius 1 is 1.48 bits per heavy atom. The first kappa shape index (κ1) is 23.0. The Balaban J connectivity index is 0.00000312. The van der Waals surface area contributed by atoms with Crippen LogP contribution in [0, 0.1) is 5.92 Å². The number of nitrogens with zero attached hydrogens (tertiary/aromatic N) is 2. The molecule has 0 radical (unpaired) electrons. The number of piperidine rings is 1. The van der Waals surface area contributed by atoms with Gasteiger partial charge < -0.3 is 20.6 Å². The van der Waals surface area contributed by atoms with E-state index < -0.39 is 6.10 Å². The van der Waals surface area contributed by atoms with E-state index in [1.54, 1.807) is 6.07 Å². The monoisotopic (exact) mass is 500 g/mol. The molecule has 0 saturated carbocycles. The minimum atomic E-state index is -0.610. The number of aliphatic hydroxyl groups excluding tert-OH is 1. The van der Waals surface area contributed by atoms with Gasteiger partial charge in [-0.2, -0.15) is 0 Å². The number of hydrogen-bond acceptors (Lipinski definition) is 4. The fourth-order valence-electron chi connectivity index (χ4n) is 2.94. The second kappa shape index (κ2) is 12.3. The van der Waals surface area contributed by atoms with Crippen LogP contribution in [-0.2, 0) is 0 Å². The number of hydrogen-bond donors (Lipinski definition) is 3. The zero-order valence-corrected chi connectivity index (χ0v) is 18.9. The van der Waals surface area contributed by atoms with E-state index in [2.05, 4.69) is 27.4 Å². The summed E-state index contributed by atoms with van der Waals surface area (Å²) in [4.78, 5) is 7.84. The third kappa shape index (κ3) is 8.43. The fourth-order valence-corrected chi connectivity index (χ4v) is 3.98. The highest BCUT2D eigenvalue weighted by molar-refractivity contribution is 14.0. The van der Waals surface area contributed by atoms with Gasteiger partial charge in [0.1, 0.15) is 6.10 Å². The molecule has 0 aliphatic carbocycles. The first-order chi connectivity index (χ1) is 11.6. The van der Waals surface area contributed by atoms with Crippen molar-refractivity contribution in [1.82, 2.24) is 15.5 Å². The van der Waals surface area contributed by atoms with Crippen LogP contribution in [-0.4, -0.2) is 55.2 Å². The Kier molecular flexibility index (Phi) is 11.3. The van der Waals surface area contributed by atoms with Gasteiger partial charge in [-0.25, -0.2) is 0 Å². The van der Waals surface area contributed by atoms with Gasteiger partial charge in [0.15, 0.2) is 5.96 Å². The van der Waals surface area contributed by atoms with Crippen molar-refractivity contribution < 1.29 is 5.11 Å². The minimum Gasteiger partial charge on any atom is -0.386 e. The third-order valence-electron chi connectivity index (χ3n) is 4.15. The standard InChI is InChI=1S/C17H29ClN4OS.HI/c1-3-19-17(20-8-10-22-9-4-5-13(2)12-22)21-11-14(23)15-6-7-16(18)24-15;/h6-7,13-14,23H,3-5,8-12H2,1-2H3,(H2,19,20,21);1H. The number of rotatable bonds is 7. The maximum absolute atomic E-state index is 10.2. The molecule has 2 heterocycles. The molecule has 2 rings (SSSR count). The number of guanidine groups is 1. The van der Waals surface area contributed by atoms with Gasteiger partial charge in [-0.15, -0.1) is 35.3 Å². The number of nitrogens with one attached hydrogen (secondary N) is 2. The molecule has 144 valence electrons. The highest BCUT2D eigenvalue weighted by atomic mass is 127. The molecule has 0 amide bonds. The van der Waals surface area contributed by atoms with Crippen molar-refractivity contribution in [3.8, 4) is 0 Å². The lowest BCUT2D eigenvalue weighted by atomic mass is 10.0. The Morgan fingerprint density at radius 3 is 2.92 bits per heavy atom. The lowest BCUT2D eigenvalue weighted by Gasteiger charge is -2.30. The molecule has 1 aliphatic rings. The van der Waals surface area contributed by atoms with Crippen LogP contribution in [0.2, 0.25) is 4.34 Å². The summed E-state index contributed by atoms with van der Waals surface area (Å²) in [5.41, 5.74) is 0. The summed E-state index contributed by atoms with van der Waals surface area (Å²) in [6.45, 7) is 9.75. The van der Waals surface area contributed by atoms with Crippen molar-refractivity contribution in [3.63, 3.8) is 0 Å². The van der Waals surface area contributed by atoms with E-state index in [0.717, 1.165) is 36.4 Å². The predicted octanol–water partition coefficient (Wildman–Crippen LogP) is 3.34. The molecule has 1 aromatic heterocycles. The van der Waals surface area contributed by atoms with Crippen LogP contribution < -0.4 is 10.6 Å². The summed E-state index contributed by atoms with van der Waals surface area (Å²) in [6.07, 6.45) is 2.03. The molecule has 1 fully saturated rings. The Labute approximate surface area is 177 Å². The van der Waals surface area contributed by atoms with Crippen molar-refractivity contribution in [1.29, 1.82) is 0 Å². The molecular weight excluding hydrogens is 471 g/mol. The van der Waals surface area contributed by atoms with Gasteiger partial charge in [-0.3, -0.25) is 4.99 Å². The van der Waals surface area contributed by atoms with E-state index in [1.807, 2.05) is 13.0 Å². The van der Waals surface area contributed by atoms with Crippen molar-refractivity contribution in [2.75, 3.05) is 39.3 Å². The molecule has 1 saturated heterocycles. The van der Waals surface area contributed by atoms with Crippen LogP contribution in [0.15, 0.2) is 17.1 Å². The zero-order valence-electron chi connectivity index (χ0n) is 15.0. The second-order valence-electron chi connectivity index (χ2n) is 6.35. The molecule has 25 heavy (non-hydrogen) atoms. The molecule has 3 N–H and O–H groups in total. The second-order valence-corrected chi connectivity index (χ2v) is 8.10. The summed E-state index contributed by atoms with van der Waals surface area (Å²) >= 11 is 7.31. The molecule has 1 aromatic rings. The van der Waals surface area contributed by atoms with Crippen molar-refractivity contribution >= 4 is 52.9 Å². The maximum atomic E-state index is 10.2. The Hall–Kier alpha value is -0.0900. The molecule has 0 aromatic carbocycles. The molecule has 0 bridgehead atoms. The summed E-state index contributed by atoms with van der Waals surface area (Å²) < 4.78 is 0.689. The van der Waals surface area contributed by atoms with Gasteiger partial charge in [-0.1, -0.05) is 18.5 Å². The SMILES string of the molecule is CCNC(=NCC(O)c1ccc(Cl)s1)NCCN1CCCC(C)C1.I. The van der Waals surface area contributed by atoms with Crippen LogP contribution >= 0.6 is 46.9 Å². The first-order valence-corrected chi connectivity index (χ1v) is 9.95. The van der Waals surface area contributed by atoms with E-state index in [1.165, 1.54) is 37.3 Å². The average molecular weight is 501 g/mol. The topological polar surface area (TPSA) is 59.9 Å². The highest BCUT2D eigenvalue weighted by Gasteiger charge is 2.15. The van der Waals surface area contributed by atoms with Gasteiger partial charge in [-0.05, 0) is 44.4 Å². The van der Waals surface area contributed by atoms with E-state index in [-0.39, 0.29) is 24.0 Å². The summed E-state index contributed by atoms with van der Waals surface area (Å²) in [6, 6.07) is 3.66. The van der Waals surface area contributed by atoms with E-state index in [4.69, 9.17) is 11.6 Å². The molecule has 5 nitrogen and oxygen atoms in total. The smallest absolute Gasteiger partial charge is 0.191 e. The molecular formula is C17H30ClIN4OS. The number of aliphatic imine (C=N–C) groups is 1. The minimum absolute atomic E-state index is 0. The fraction of sp³-hybridized carbons (Fsp3) is 0.706. The van der Waals surface area contributed by atoms with Crippen LogP contribution in [0.25, 0.3) is 0 Å². The van der Waals surface area contributed by atoms with Crippen molar-refractivity contribution in [2.45, 2.75) is 32.8 Å². The highest BCUT2D eigenvalue weighted by Crippen LogP contribution is 2.26. The average Bonchev–Trinajstić information content (AvgIpc) is 2.99. The van der Waals surface area contributed by atoms with Gasteiger partial charge in [0.25, 0.3) is 0 Å². The van der Waals surface area contributed by atoms with Crippen molar-refractivity contribution in [3.05, 3.63) is 21.3 Å². The van der Waals surface area contributed by atoms with Crippen LogP contribution in [0.1, 0.15) is 37.7 Å². The maximum Gasteiger partial charge on any atom is 0.191 e. The zero-order chi connectivity index (χ0) is 17.4. The van der Waals surface area contributed by atoms with Gasteiger partial charge >= 0.3 is 0 Å². The normalized spacial score (nSPS) is 20.0. The van der Waals surface area contributed by atoms with Gasteiger partial charge in [0.2, 0.25) is 0 Å². The van der Waals surface area contributed by atoms with Crippen molar-refractivity contribution in [2.24, 2.45) is 10.9 Å². The third-order valence-corrected chi connectivity index (χ3v) is 5.48. The Morgan fingerprint density at radius 2 is 2.28 bits per heavy atom. The van der Waals surface area contributed by atoms with E-state index in [0.29, 0.717) is 10.9 Å². The number of halogens is 2. The van der Waals surface area contributed by atoms with Crippen LogP contribution in [0.4, 0.5) is 0 Å². The van der Waals surface area contributed by atoms with Gasteiger partial charge in [0, 0.05) is 31.1 Å². The number of likely N-dealkylation sites (tertiary alicyclic amines) is 1. The number of thiophene rings is 1. The first-order valence-electron chi connectivity index (χ1n) is 8.76. The summed E-state index contributed by atoms with van der Waals surface area (Å²) in [5.74, 6) is 1.55. The summed E-state index contributed by atoms with van der Waals surface area (Å²) in [7, 11) is 0. The van der Waals surface area contributed by atoms with E-state index in [9.17, 15) is 5.11 Å². The lowest BCUT2D eigenvalue weighted by molar-refractivity contribution is 0.186. The van der Waals surface area contributed by atoms with Crippen LogP contribution in [0.3, 0.4) is 0 Å². The summed E-state index contributed by atoms with van der Waals surface area (Å²) in [5, 5.41) is 16.8.